The van der Waals surface area contributed by atoms with Gasteiger partial charge in [0.15, 0.2) is 0 Å². The van der Waals surface area contributed by atoms with Gasteiger partial charge in [0, 0.05) is 0 Å². The van der Waals surface area contributed by atoms with Crippen LogP contribution in [0.25, 0.3) is 0 Å². The minimum atomic E-state index is 0.430. The lowest BCUT2D eigenvalue weighted by molar-refractivity contribution is 0.399. The van der Waals surface area contributed by atoms with Gasteiger partial charge in [-0.2, -0.15) is 0 Å². The van der Waals surface area contributed by atoms with Crippen LogP contribution in [0.2, 0.25) is 0 Å². The van der Waals surface area contributed by atoms with E-state index in [1.54, 1.807) is 16.7 Å². The van der Waals surface area contributed by atoms with Gasteiger partial charge in [0.05, 0.1) is 0 Å². The summed E-state index contributed by atoms with van der Waals surface area (Å²) in [5.41, 5.74) is 5.55. The third kappa shape index (κ3) is 3.03. The molecule has 96 valence electrons. The molecule has 0 spiro atoms. The summed E-state index contributed by atoms with van der Waals surface area (Å²) < 4.78 is 0. The van der Waals surface area contributed by atoms with E-state index >= 15 is 0 Å². The molecule has 0 aromatic carbocycles. The zero-order valence-electron chi connectivity index (χ0n) is 11.9. The van der Waals surface area contributed by atoms with Gasteiger partial charge >= 0.3 is 0 Å². The summed E-state index contributed by atoms with van der Waals surface area (Å²) in [4.78, 5) is 0. The van der Waals surface area contributed by atoms with Crippen molar-refractivity contribution in [3.63, 3.8) is 0 Å². The SMILES string of the molecule is CC1=C(C2=CCCCCC2)CCCCC1(C)C. The molecule has 0 aliphatic heterocycles. The van der Waals surface area contributed by atoms with Crippen LogP contribution in [0.3, 0.4) is 0 Å². The third-order valence-electron chi connectivity index (χ3n) is 4.87. The second kappa shape index (κ2) is 5.42. The van der Waals surface area contributed by atoms with Crippen LogP contribution in [-0.2, 0) is 0 Å². The van der Waals surface area contributed by atoms with Gasteiger partial charge in [-0.15, -0.1) is 0 Å². The molecule has 0 unspecified atom stereocenters. The van der Waals surface area contributed by atoms with Gasteiger partial charge in [0.25, 0.3) is 0 Å². The van der Waals surface area contributed by atoms with E-state index in [0.29, 0.717) is 5.41 Å². The highest BCUT2D eigenvalue weighted by Crippen LogP contribution is 2.42. The van der Waals surface area contributed by atoms with Crippen LogP contribution in [0.5, 0.6) is 0 Å². The molecule has 0 bridgehead atoms. The average molecular weight is 232 g/mol. The Morgan fingerprint density at radius 2 is 1.71 bits per heavy atom. The van der Waals surface area contributed by atoms with E-state index in [9.17, 15) is 0 Å². The van der Waals surface area contributed by atoms with E-state index in [0.717, 1.165) is 0 Å². The van der Waals surface area contributed by atoms with Crippen molar-refractivity contribution in [3.8, 4) is 0 Å². The highest BCUT2D eigenvalue weighted by Gasteiger charge is 2.26. The summed E-state index contributed by atoms with van der Waals surface area (Å²) in [6.07, 6.45) is 14.9. The molecule has 0 amide bonds. The molecular formula is C17H28. The van der Waals surface area contributed by atoms with E-state index in [2.05, 4.69) is 26.8 Å². The first-order valence-corrected chi connectivity index (χ1v) is 7.51. The maximum atomic E-state index is 2.55. The fourth-order valence-corrected chi connectivity index (χ4v) is 3.34. The van der Waals surface area contributed by atoms with E-state index < -0.39 is 0 Å². The first kappa shape index (κ1) is 12.9. The summed E-state index contributed by atoms with van der Waals surface area (Å²) in [5, 5.41) is 0. The van der Waals surface area contributed by atoms with Crippen LogP contribution in [0.4, 0.5) is 0 Å². The molecular weight excluding hydrogens is 204 g/mol. The third-order valence-corrected chi connectivity index (χ3v) is 4.87. The minimum Gasteiger partial charge on any atom is -0.0810 e. The maximum absolute atomic E-state index is 2.55. The number of hydrogen-bond donors (Lipinski definition) is 0. The quantitative estimate of drug-likeness (QED) is 0.536. The van der Waals surface area contributed by atoms with Gasteiger partial charge in [0.1, 0.15) is 0 Å². The Morgan fingerprint density at radius 3 is 2.53 bits per heavy atom. The highest BCUT2D eigenvalue weighted by molar-refractivity contribution is 5.38. The van der Waals surface area contributed by atoms with Gasteiger partial charge < -0.3 is 0 Å². The lowest BCUT2D eigenvalue weighted by atomic mass is 9.78. The molecule has 0 heteroatoms. The Kier molecular flexibility index (Phi) is 4.12. The smallest absolute Gasteiger partial charge is 0.0142 e. The van der Waals surface area contributed by atoms with Crippen LogP contribution >= 0.6 is 0 Å². The molecule has 0 saturated carbocycles. The van der Waals surface area contributed by atoms with Crippen molar-refractivity contribution in [2.24, 2.45) is 5.41 Å². The average Bonchev–Trinajstić information content (AvgIpc) is 2.61. The predicted molar refractivity (Wildman–Crippen MR) is 76.1 cm³/mol. The molecule has 0 aromatic rings. The van der Waals surface area contributed by atoms with Gasteiger partial charge in [-0.05, 0) is 68.4 Å². The Morgan fingerprint density at radius 1 is 0.941 bits per heavy atom. The predicted octanol–water partition coefficient (Wildman–Crippen LogP) is 5.79. The Labute approximate surface area is 107 Å². The first-order valence-electron chi connectivity index (χ1n) is 7.51. The Bertz CT molecular complexity index is 328. The molecule has 0 N–H and O–H groups in total. The van der Waals surface area contributed by atoms with Crippen LogP contribution < -0.4 is 0 Å². The zero-order chi connectivity index (χ0) is 12.3. The topological polar surface area (TPSA) is 0 Å². The minimum absolute atomic E-state index is 0.430. The van der Waals surface area contributed by atoms with E-state index in [1.807, 2.05) is 0 Å². The van der Waals surface area contributed by atoms with Crippen molar-refractivity contribution in [2.75, 3.05) is 0 Å². The molecule has 0 radical (unpaired) electrons. The molecule has 0 aromatic heterocycles. The summed E-state index contributed by atoms with van der Waals surface area (Å²) in [6, 6.07) is 0. The molecule has 0 fully saturated rings. The normalized spacial score (nSPS) is 26.2. The van der Waals surface area contributed by atoms with Gasteiger partial charge in [-0.25, -0.2) is 0 Å². The van der Waals surface area contributed by atoms with Crippen LogP contribution in [-0.4, -0.2) is 0 Å². The Balaban J connectivity index is 2.29. The van der Waals surface area contributed by atoms with E-state index in [-0.39, 0.29) is 0 Å². The lowest BCUT2D eigenvalue weighted by Gasteiger charge is -2.27. The second-order valence-electron chi connectivity index (χ2n) is 6.52. The van der Waals surface area contributed by atoms with Crippen LogP contribution in [0, 0.1) is 5.41 Å². The molecule has 0 nitrogen and oxygen atoms in total. The molecule has 2 aliphatic rings. The fourth-order valence-electron chi connectivity index (χ4n) is 3.34. The first-order chi connectivity index (χ1) is 8.11. The Hall–Kier alpha value is -0.520. The van der Waals surface area contributed by atoms with E-state index in [4.69, 9.17) is 0 Å². The molecule has 17 heavy (non-hydrogen) atoms. The van der Waals surface area contributed by atoms with Gasteiger partial charge in [-0.1, -0.05) is 38.3 Å². The summed E-state index contributed by atoms with van der Waals surface area (Å²) in [6.45, 7) is 7.27. The van der Waals surface area contributed by atoms with E-state index in [1.165, 1.54) is 57.8 Å². The fraction of sp³-hybridized carbons (Fsp3) is 0.765. The van der Waals surface area contributed by atoms with Crippen LogP contribution in [0.1, 0.15) is 78.6 Å². The second-order valence-corrected chi connectivity index (χ2v) is 6.52. The standard InChI is InChI=1S/C17H28/c1-14-16(12-8-9-13-17(14,2)3)15-10-6-4-5-7-11-15/h10H,4-9,11-13H2,1-3H3. The molecule has 0 atom stereocenters. The monoisotopic (exact) mass is 232 g/mol. The number of hydrogen-bond acceptors (Lipinski definition) is 0. The van der Waals surface area contributed by atoms with Gasteiger partial charge in [-0.3, -0.25) is 0 Å². The van der Waals surface area contributed by atoms with Crippen molar-refractivity contribution < 1.29 is 0 Å². The number of allylic oxidation sites excluding steroid dienone is 4. The molecule has 2 rings (SSSR count). The summed E-state index contributed by atoms with van der Waals surface area (Å²) in [5.74, 6) is 0. The lowest BCUT2D eigenvalue weighted by Crippen LogP contribution is -2.13. The van der Waals surface area contributed by atoms with Crippen LogP contribution in [0.15, 0.2) is 22.8 Å². The molecule has 0 saturated heterocycles. The van der Waals surface area contributed by atoms with Crippen molar-refractivity contribution in [1.82, 2.24) is 0 Å². The van der Waals surface area contributed by atoms with Gasteiger partial charge in [0.2, 0.25) is 0 Å². The van der Waals surface area contributed by atoms with Crippen molar-refractivity contribution >= 4 is 0 Å². The summed E-state index contributed by atoms with van der Waals surface area (Å²) >= 11 is 0. The van der Waals surface area contributed by atoms with Crippen molar-refractivity contribution in [2.45, 2.75) is 78.6 Å². The maximum Gasteiger partial charge on any atom is -0.0142 e. The largest absolute Gasteiger partial charge is 0.0810 e. The van der Waals surface area contributed by atoms with Crippen molar-refractivity contribution in [1.29, 1.82) is 0 Å². The summed E-state index contributed by atoms with van der Waals surface area (Å²) in [7, 11) is 0. The zero-order valence-corrected chi connectivity index (χ0v) is 11.9. The highest BCUT2D eigenvalue weighted by atomic mass is 14.3. The molecule has 0 heterocycles. The van der Waals surface area contributed by atoms with Crippen molar-refractivity contribution in [3.05, 3.63) is 22.8 Å². The number of rotatable bonds is 1. The molecule has 2 aliphatic carbocycles.